The molecule has 109 heavy (non-hydrogen) atoms. The van der Waals surface area contributed by atoms with Crippen LogP contribution in [0.5, 0.6) is 0 Å². The molecule has 8 rings (SSSR count). The molecule has 8 fully saturated rings. The summed E-state index contributed by atoms with van der Waals surface area (Å²) in [6, 6.07) is -7.35. The highest BCUT2D eigenvalue weighted by Gasteiger charge is 2.61. The molecule has 4 amide bonds. The molecule has 0 unspecified atom stereocenters. The summed E-state index contributed by atoms with van der Waals surface area (Å²) in [6.45, 7) is -0.264. The number of hydrogen-bond acceptors (Lipinski definition) is 43. The molecule has 27 N–H and O–H groups in total. The van der Waals surface area contributed by atoms with E-state index in [9.17, 15) is 137 Å². The molecule has 0 radical (unpaired) electrons. The Morgan fingerprint density at radius 2 is 0.697 bits per heavy atom. The molecule has 0 saturated carbocycles. The van der Waals surface area contributed by atoms with Gasteiger partial charge in [0.15, 0.2) is 50.3 Å². The summed E-state index contributed by atoms with van der Waals surface area (Å²) in [4.78, 5) is 51.4. The number of aliphatic hydroxyl groups is 23. The average Bonchev–Trinajstić information content (AvgIpc) is 0.765. The molecule has 8 heterocycles. The lowest BCUT2D eigenvalue weighted by Crippen LogP contribution is -2.72. The summed E-state index contributed by atoms with van der Waals surface area (Å²) >= 11 is 0. The lowest BCUT2D eigenvalue weighted by atomic mass is 9.93. The fraction of sp³-hybridized carbons (Fsp3) is 0.935. The van der Waals surface area contributed by atoms with Crippen LogP contribution in [0.3, 0.4) is 0 Å². The van der Waals surface area contributed by atoms with Crippen molar-refractivity contribution in [2.75, 3.05) is 46.2 Å². The van der Waals surface area contributed by atoms with Crippen LogP contribution >= 0.6 is 0 Å². The molecule has 0 aromatic carbocycles. The van der Waals surface area contributed by atoms with E-state index in [1.807, 2.05) is 0 Å². The lowest BCUT2D eigenvalue weighted by Gasteiger charge is -2.53. The van der Waals surface area contributed by atoms with Crippen molar-refractivity contribution in [2.24, 2.45) is 0 Å². The quantitative estimate of drug-likeness (QED) is 0.0318. The Balaban J connectivity index is 1.15. The van der Waals surface area contributed by atoms with Gasteiger partial charge in [-0.3, -0.25) is 19.2 Å². The number of carbonyl (C=O) groups excluding carboxylic acids is 4. The number of ether oxygens (including phenoxy) is 16. The van der Waals surface area contributed by atoms with Crippen LogP contribution < -0.4 is 21.3 Å². The van der Waals surface area contributed by atoms with E-state index < -0.39 is 340 Å². The lowest BCUT2D eigenvalue weighted by molar-refractivity contribution is -0.410. The number of rotatable bonds is 30. The largest absolute Gasteiger partial charge is 0.394 e. The summed E-state index contributed by atoms with van der Waals surface area (Å²) in [5.41, 5.74) is 0. The zero-order valence-corrected chi connectivity index (χ0v) is 59.8. The number of nitrogens with one attached hydrogen (secondary N) is 4. The molecule has 47 nitrogen and oxygen atoms in total. The van der Waals surface area contributed by atoms with E-state index in [-0.39, 0.29) is 0 Å². The molecule has 0 aliphatic carbocycles. The molecule has 0 aromatic rings. The fourth-order valence-electron chi connectivity index (χ4n) is 13.9. The van der Waals surface area contributed by atoms with Gasteiger partial charge in [-0.25, -0.2) is 0 Å². The zero-order chi connectivity index (χ0) is 80.8. The fourth-order valence-corrected chi connectivity index (χ4v) is 13.9. The third-order valence-electron chi connectivity index (χ3n) is 19.9. The van der Waals surface area contributed by atoms with Gasteiger partial charge in [-0.1, -0.05) is 0 Å². The third-order valence-corrected chi connectivity index (χ3v) is 19.9. The van der Waals surface area contributed by atoms with E-state index in [2.05, 4.69) is 21.3 Å². The smallest absolute Gasteiger partial charge is 0.217 e. The first-order chi connectivity index (χ1) is 51.4. The molecular formula is C62H106N4O43. The Bertz CT molecular complexity index is 2860. The highest BCUT2D eigenvalue weighted by Crippen LogP contribution is 2.41. The van der Waals surface area contributed by atoms with E-state index in [1.54, 1.807) is 0 Å². The van der Waals surface area contributed by atoms with E-state index in [0.29, 0.717) is 0 Å². The van der Waals surface area contributed by atoms with Gasteiger partial charge in [0.25, 0.3) is 0 Å². The van der Waals surface area contributed by atoms with Crippen LogP contribution in [0, 0.1) is 0 Å². The van der Waals surface area contributed by atoms with Crippen LogP contribution in [0.15, 0.2) is 0 Å². The second-order valence-electron chi connectivity index (χ2n) is 27.9. The maximum Gasteiger partial charge on any atom is 0.217 e. The molecule has 8 aliphatic heterocycles. The second-order valence-corrected chi connectivity index (χ2v) is 27.9. The highest BCUT2D eigenvalue weighted by molar-refractivity contribution is 5.74. The molecule has 8 saturated heterocycles. The van der Waals surface area contributed by atoms with Crippen molar-refractivity contribution < 1.29 is 212 Å². The van der Waals surface area contributed by atoms with Crippen LogP contribution in [-0.2, 0) is 95.0 Å². The minimum atomic E-state index is -2.35. The van der Waals surface area contributed by atoms with Crippen molar-refractivity contribution in [1.29, 1.82) is 0 Å². The molecule has 0 aromatic heterocycles. The van der Waals surface area contributed by atoms with Crippen molar-refractivity contribution >= 4 is 23.6 Å². The SMILES string of the molecule is CC(=O)N[C@H]1[C@H](OC[C@@H](O)[C@H](O)[C@H](O[C@@H]2O[C@H](CO)[C@@H](O)[C@H](O)[C@H]2NC(C)=O)[C@H](CO)NC(C)=O)O[C@H](CO)[C@@H](O[C@@H]2O[C@H](CO)[C@H](O)[C@H](O[C@@H]3O[C@H](CO)[C@@H](O[C@@H]4O[C@H](CO)[C@H](O)[C@H](O)[C@H]4O[C@@H]4O[C@@H](C)[C@@H](O)[C@@H](O)[C@@H]4O)[C@H](O[C@@H]4O[C@@H](C)[C@@H](O)[C@@H](O)[C@@H]4O)[C@H]3NC(C)=O)[C@H]2O[C@@H]2O[C@@H](C)[C@@H](O)[C@@H](O)[C@@H]2O)[C@@H]1O. The average molecular weight is 1600 g/mol. The van der Waals surface area contributed by atoms with Gasteiger partial charge >= 0.3 is 0 Å². The number of amides is 4. The summed E-state index contributed by atoms with van der Waals surface area (Å²) in [5.74, 6) is -3.61. The number of carbonyl (C=O) groups is 4. The number of hydrogen-bond donors (Lipinski definition) is 27. The standard InChI is InChI=1S/C62H106N4O43/c1-15-32(78)41(87)45(91)58(95-15)106-51-31(66-21(7)76)57(102-28(13-72)50(51)105-61-53(44(90)37(83)25(10-69)99-61)108-59-46(92)42(88)33(79)16(2)96-59)107-52-38(84)26(11-70)100-62(54(52)109-60-47(93)43(89)34(80)17(3)97-60)104-49-27(12-71)101-55(30(40(49)86)65-20(6)75)94-14-23(77)35(81)48(22(8-67)63-18(4)73)103-56-29(64-19(5)74)39(85)36(82)24(9-68)98-56/h15-17,22-62,67-72,77-93H,8-14H2,1-7H3,(H,63,73)(H,64,74)(H,65,75)(H,66,76)/t15-,16-,17-,22-,23+,24+,25+,26+,27+,28+,29+,30+,31+,32+,33+,34+,35-,36+,37-,38-,39+,40+,41+,42+,43+,44-,45-,46-,47-,48+,49+,50+,51+,52-,53+,54+,55+,56-,57-,58-,59-,60-,61-,62-/m0/s1. The van der Waals surface area contributed by atoms with Gasteiger partial charge in [-0.15, -0.1) is 0 Å². The predicted molar refractivity (Wildman–Crippen MR) is 341 cm³/mol. The third kappa shape index (κ3) is 20.8. The van der Waals surface area contributed by atoms with E-state index in [1.165, 1.54) is 20.8 Å². The van der Waals surface area contributed by atoms with Crippen molar-refractivity contribution in [3.05, 3.63) is 0 Å². The van der Waals surface area contributed by atoms with E-state index in [0.717, 1.165) is 27.7 Å². The van der Waals surface area contributed by atoms with Crippen LogP contribution in [-0.4, -0.2) is 457 Å². The topological polar surface area (TPSA) is 729 Å². The molecular weight excluding hydrogens is 1490 g/mol. The normalized spacial score (nSPS) is 46.9. The number of aliphatic hydroxyl groups excluding tert-OH is 23. The molecule has 0 spiro atoms. The van der Waals surface area contributed by atoms with E-state index in [4.69, 9.17) is 75.8 Å². The minimum absolute atomic E-state index is 0.811. The Hall–Kier alpha value is -3.68. The van der Waals surface area contributed by atoms with Gasteiger partial charge in [0, 0.05) is 27.7 Å². The van der Waals surface area contributed by atoms with Gasteiger partial charge in [0.2, 0.25) is 23.6 Å². The molecule has 47 heteroatoms. The first kappa shape index (κ1) is 90.9. The Kier molecular flexibility index (Phi) is 33.2. The highest BCUT2D eigenvalue weighted by atomic mass is 16.8. The maximum absolute atomic E-state index is 13.7. The predicted octanol–water partition coefficient (Wildman–Crippen LogP) is -17.3. The van der Waals surface area contributed by atoms with E-state index >= 15 is 0 Å². The van der Waals surface area contributed by atoms with Gasteiger partial charge in [-0.2, -0.15) is 0 Å². The second kappa shape index (κ2) is 39.8. The first-order valence-corrected chi connectivity index (χ1v) is 35.1. The molecule has 632 valence electrons. The molecule has 0 bridgehead atoms. The molecule has 8 aliphatic rings. The van der Waals surface area contributed by atoms with Gasteiger partial charge in [-0.05, 0) is 20.8 Å². The summed E-state index contributed by atoms with van der Waals surface area (Å²) < 4.78 is 96.9. The Labute approximate surface area is 620 Å². The van der Waals surface area contributed by atoms with Gasteiger partial charge in [0.1, 0.15) is 195 Å². The zero-order valence-electron chi connectivity index (χ0n) is 59.8. The Morgan fingerprint density at radius 1 is 0.330 bits per heavy atom. The maximum atomic E-state index is 13.7. The first-order valence-electron chi connectivity index (χ1n) is 35.1. The van der Waals surface area contributed by atoms with Gasteiger partial charge in [0.05, 0.1) is 70.6 Å². The van der Waals surface area contributed by atoms with Crippen LogP contribution in [0.1, 0.15) is 48.5 Å². The van der Waals surface area contributed by atoms with Crippen LogP contribution in [0.2, 0.25) is 0 Å². The van der Waals surface area contributed by atoms with Crippen LogP contribution in [0.25, 0.3) is 0 Å². The van der Waals surface area contributed by atoms with Crippen molar-refractivity contribution in [3.8, 4) is 0 Å². The van der Waals surface area contributed by atoms with Crippen molar-refractivity contribution in [3.63, 3.8) is 0 Å². The summed E-state index contributed by atoms with van der Waals surface area (Å²) in [6.07, 6.45) is -80.7. The monoisotopic (exact) mass is 1590 g/mol. The minimum Gasteiger partial charge on any atom is -0.394 e. The summed E-state index contributed by atoms with van der Waals surface area (Å²) in [5, 5.41) is 265. The summed E-state index contributed by atoms with van der Waals surface area (Å²) in [7, 11) is 0. The Morgan fingerprint density at radius 3 is 1.16 bits per heavy atom. The van der Waals surface area contributed by atoms with Crippen LogP contribution in [0.4, 0.5) is 0 Å². The van der Waals surface area contributed by atoms with Gasteiger partial charge < -0.3 is 215 Å². The van der Waals surface area contributed by atoms with Crippen molar-refractivity contribution in [2.45, 2.75) is 318 Å². The molecule has 44 atom stereocenters. The van der Waals surface area contributed by atoms with Crippen molar-refractivity contribution in [1.82, 2.24) is 21.3 Å².